The lowest BCUT2D eigenvalue weighted by molar-refractivity contribution is 0.0697. The minimum absolute atomic E-state index is 0.356. The van der Waals surface area contributed by atoms with Crippen molar-refractivity contribution in [2.24, 2.45) is 5.92 Å². The molecule has 104 valence electrons. The molecule has 1 aliphatic rings. The molecule has 0 bridgehead atoms. The van der Waals surface area contributed by atoms with Crippen LogP contribution in [0.4, 0.5) is 5.69 Å². The molecule has 19 heavy (non-hydrogen) atoms. The van der Waals surface area contributed by atoms with Crippen molar-refractivity contribution in [3.05, 3.63) is 29.3 Å². The summed E-state index contributed by atoms with van der Waals surface area (Å²) in [5.41, 5.74) is 2.41. The first-order valence-corrected chi connectivity index (χ1v) is 7.24. The van der Waals surface area contributed by atoms with E-state index in [0.29, 0.717) is 5.56 Å². The molecule has 3 nitrogen and oxygen atoms in total. The molecule has 0 aromatic heterocycles. The molecular weight excluding hydrogens is 238 g/mol. The maximum atomic E-state index is 10.9. The third kappa shape index (κ3) is 3.98. The van der Waals surface area contributed by atoms with Crippen molar-refractivity contribution in [1.29, 1.82) is 0 Å². The van der Waals surface area contributed by atoms with Gasteiger partial charge in [0.1, 0.15) is 0 Å². The van der Waals surface area contributed by atoms with E-state index in [0.717, 1.165) is 23.7 Å². The summed E-state index contributed by atoms with van der Waals surface area (Å²) in [5, 5.41) is 12.3. The number of hydrogen-bond acceptors (Lipinski definition) is 2. The second-order valence-corrected chi connectivity index (χ2v) is 5.55. The predicted octanol–water partition coefficient (Wildman–Crippen LogP) is 4.08. The Balaban J connectivity index is 1.77. The Labute approximate surface area is 115 Å². The molecule has 0 heterocycles. The van der Waals surface area contributed by atoms with Gasteiger partial charge in [0.15, 0.2) is 0 Å². The van der Waals surface area contributed by atoms with E-state index in [2.05, 4.69) is 5.32 Å². The highest BCUT2D eigenvalue weighted by molar-refractivity contribution is 5.88. The summed E-state index contributed by atoms with van der Waals surface area (Å²) in [6.07, 6.45) is 8.16. The largest absolute Gasteiger partial charge is 0.478 e. The quantitative estimate of drug-likeness (QED) is 0.759. The lowest BCUT2D eigenvalue weighted by Crippen LogP contribution is -2.06. The number of anilines is 1. The summed E-state index contributed by atoms with van der Waals surface area (Å²) in [7, 11) is 0. The third-order valence-electron chi connectivity index (χ3n) is 4.05. The zero-order chi connectivity index (χ0) is 13.7. The van der Waals surface area contributed by atoms with Gasteiger partial charge in [0.05, 0.1) is 5.56 Å². The standard InChI is InChI=1S/C16H23NO2/c1-12-11-14(16(18)19)8-9-15(12)17-10-4-7-13-5-2-3-6-13/h8-9,11,13,17H,2-7,10H2,1H3,(H,18,19). The van der Waals surface area contributed by atoms with Gasteiger partial charge >= 0.3 is 5.97 Å². The van der Waals surface area contributed by atoms with Crippen LogP contribution >= 0.6 is 0 Å². The summed E-state index contributed by atoms with van der Waals surface area (Å²) in [6, 6.07) is 5.25. The molecule has 0 amide bonds. The fraction of sp³-hybridized carbons (Fsp3) is 0.562. The zero-order valence-electron chi connectivity index (χ0n) is 11.6. The number of aromatic carboxylic acids is 1. The number of aryl methyl sites for hydroxylation is 1. The van der Waals surface area contributed by atoms with Crippen LogP contribution < -0.4 is 5.32 Å². The Kier molecular flexibility index (Phi) is 4.83. The van der Waals surface area contributed by atoms with Gasteiger partial charge in [0.25, 0.3) is 0 Å². The lowest BCUT2D eigenvalue weighted by atomic mass is 10.0. The average molecular weight is 261 g/mol. The summed E-state index contributed by atoms with van der Waals surface area (Å²) in [4.78, 5) is 10.9. The average Bonchev–Trinajstić information content (AvgIpc) is 2.89. The van der Waals surface area contributed by atoms with Crippen molar-refractivity contribution in [1.82, 2.24) is 0 Å². The number of rotatable bonds is 6. The van der Waals surface area contributed by atoms with Crippen LogP contribution in [0.2, 0.25) is 0 Å². The summed E-state index contributed by atoms with van der Waals surface area (Å²) < 4.78 is 0. The molecule has 0 saturated heterocycles. The highest BCUT2D eigenvalue weighted by Gasteiger charge is 2.14. The van der Waals surface area contributed by atoms with Crippen LogP contribution in [-0.2, 0) is 0 Å². The van der Waals surface area contributed by atoms with Gasteiger partial charge in [-0.25, -0.2) is 4.79 Å². The van der Waals surface area contributed by atoms with Gasteiger partial charge in [0, 0.05) is 12.2 Å². The number of carbonyl (C=O) groups is 1. The van der Waals surface area contributed by atoms with Crippen LogP contribution in [0.3, 0.4) is 0 Å². The van der Waals surface area contributed by atoms with Gasteiger partial charge in [-0.1, -0.05) is 25.7 Å². The smallest absolute Gasteiger partial charge is 0.335 e. The van der Waals surface area contributed by atoms with E-state index < -0.39 is 5.97 Å². The number of nitrogens with one attached hydrogen (secondary N) is 1. The van der Waals surface area contributed by atoms with Crippen LogP contribution in [0.1, 0.15) is 54.4 Å². The minimum Gasteiger partial charge on any atom is -0.478 e. The molecule has 1 saturated carbocycles. The molecular formula is C16H23NO2. The fourth-order valence-corrected chi connectivity index (χ4v) is 2.91. The van der Waals surface area contributed by atoms with Crippen molar-refractivity contribution >= 4 is 11.7 Å². The summed E-state index contributed by atoms with van der Waals surface area (Å²) in [6.45, 7) is 2.93. The Morgan fingerprint density at radius 3 is 2.74 bits per heavy atom. The first-order chi connectivity index (χ1) is 9.16. The maximum Gasteiger partial charge on any atom is 0.335 e. The normalized spacial score (nSPS) is 15.6. The van der Waals surface area contributed by atoms with E-state index in [4.69, 9.17) is 5.11 Å². The minimum atomic E-state index is -0.865. The molecule has 1 aromatic carbocycles. The molecule has 0 atom stereocenters. The van der Waals surface area contributed by atoms with E-state index in [-0.39, 0.29) is 0 Å². The van der Waals surface area contributed by atoms with Gasteiger partial charge in [-0.05, 0) is 49.4 Å². The third-order valence-corrected chi connectivity index (χ3v) is 4.05. The first-order valence-electron chi connectivity index (χ1n) is 7.24. The van der Waals surface area contributed by atoms with Crippen molar-refractivity contribution in [3.63, 3.8) is 0 Å². The van der Waals surface area contributed by atoms with Crippen molar-refractivity contribution < 1.29 is 9.90 Å². The highest BCUT2D eigenvalue weighted by atomic mass is 16.4. The van der Waals surface area contributed by atoms with Crippen molar-refractivity contribution in [3.8, 4) is 0 Å². The van der Waals surface area contributed by atoms with Crippen LogP contribution in [0.15, 0.2) is 18.2 Å². The molecule has 0 spiro atoms. The number of hydrogen-bond donors (Lipinski definition) is 2. The Morgan fingerprint density at radius 2 is 2.11 bits per heavy atom. The molecule has 0 unspecified atom stereocenters. The number of benzene rings is 1. The van der Waals surface area contributed by atoms with E-state index in [1.54, 1.807) is 12.1 Å². The monoisotopic (exact) mass is 261 g/mol. The Hall–Kier alpha value is -1.51. The molecule has 0 aliphatic heterocycles. The van der Waals surface area contributed by atoms with Crippen LogP contribution in [0, 0.1) is 12.8 Å². The topological polar surface area (TPSA) is 49.3 Å². The van der Waals surface area contributed by atoms with E-state index in [1.165, 1.54) is 38.5 Å². The fourth-order valence-electron chi connectivity index (χ4n) is 2.91. The van der Waals surface area contributed by atoms with Crippen LogP contribution in [-0.4, -0.2) is 17.6 Å². The van der Waals surface area contributed by atoms with Crippen LogP contribution in [0.5, 0.6) is 0 Å². The number of carboxylic acids is 1. The molecule has 1 aromatic rings. The van der Waals surface area contributed by atoms with E-state index in [1.807, 2.05) is 13.0 Å². The van der Waals surface area contributed by atoms with Gasteiger partial charge in [-0.2, -0.15) is 0 Å². The van der Waals surface area contributed by atoms with Crippen molar-refractivity contribution in [2.75, 3.05) is 11.9 Å². The summed E-state index contributed by atoms with van der Waals surface area (Å²) in [5.74, 6) is 0.0770. The Morgan fingerprint density at radius 1 is 1.37 bits per heavy atom. The molecule has 1 fully saturated rings. The molecule has 1 aliphatic carbocycles. The molecule has 0 radical (unpaired) electrons. The Bertz CT molecular complexity index is 436. The maximum absolute atomic E-state index is 10.9. The van der Waals surface area contributed by atoms with Gasteiger partial charge in [-0.15, -0.1) is 0 Å². The van der Waals surface area contributed by atoms with E-state index >= 15 is 0 Å². The first kappa shape index (κ1) is 13.9. The van der Waals surface area contributed by atoms with E-state index in [9.17, 15) is 4.79 Å². The van der Waals surface area contributed by atoms with Crippen molar-refractivity contribution in [2.45, 2.75) is 45.4 Å². The molecule has 2 rings (SSSR count). The second kappa shape index (κ2) is 6.60. The summed E-state index contributed by atoms with van der Waals surface area (Å²) >= 11 is 0. The highest BCUT2D eigenvalue weighted by Crippen LogP contribution is 2.28. The second-order valence-electron chi connectivity index (χ2n) is 5.55. The van der Waals surface area contributed by atoms with Gasteiger partial charge in [-0.3, -0.25) is 0 Å². The predicted molar refractivity (Wildman–Crippen MR) is 77.8 cm³/mol. The lowest BCUT2D eigenvalue weighted by Gasteiger charge is -2.12. The van der Waals surface area contributed by atoms with Gasteiger partial charge in [0.2, 0.25) is 0 Å². The zero-order valence-corrected chi connectivity index (χ0v) is 11.6. The molecule has 2 N–H and O–H groups in total. The van der Waals surface area contributed by atoms with Crippen LogP contribution in [0.25, 0.3) is 0 Å². The SMILES string of the molecule is Cc1cc(C(=O)O)ccc1NCCCC1CCCC1. The van der Waals surface area contributed by atoms with Gasteiger partial charge < -0.3 is 10.4 Å². The molecule has 3 heteroatoms. The number of carboxylic acid groups (broad SMARTS) is 1.